The molecule has 26 heavy (non-hydrogen) atoms. The van der Waals surface area contributed by atoms with E-state index in [2.05, 4.69) is 5.32 Å². The molecular formula is C20H27FN2O3. The van der Waals surface area contributed by atoms with Crippen LogP contribution >= 0.6 is 0 Å². The van der Waals surface area contributed by atoms with Gasteiger partial charge in [-0.15, -0.1) is 0 Å². The number of nitrogens with zero attached hydrogens (tertiary/aromatic N) is 1. The van der Waals surface area contributed by atoms with Crippen molar-refractivity contribution in [1.82, 2.24) is 10.2 Å². The van der Waals surface area contributed by atoms with Crippen LogP contribution in [0.5, 0.6) is 0 Å². The normalized spacial score (nSPS) is 25.3. The number of amides is 1. The summed E-state index contributed by atoms with van der Waals surface area (Å²) in [6.07, 6.45) is 4.75. The first-order chi connectivity index (χ1) is 12.3. The molecule has 2 aliphatic rings. The Hall–Kier alpha value is -1.95. The summed E-state index contributed by atoms with van der Waals surface area (Å²) in [6, 6.07) is 6.61. The van der Waals surface area contributed by atoms with Crippen molar-refractivity contribution in [2.24, 2.45) is 5.41 Å². The van der Waals surface area contributed by atoms with Crippen molar-refractivity contribution in [3.63, 3.8) is 0 Å². The van der Waals surface area contributed by atoms with E-state index in [1.807, 2.05) is 17.0 Å². The van der Waals surface area contributed by atoms with Crippen LogP contribution in [0.25, 0.3) is 0 Å². The highest BCUT2D eigenvalue weighted by Gasteiger charge is 2.41. The van der Waals surface area contributed by atoms with Gasteiger partial charge in [0.25, 0.3) is 0 Å². The minimum atomic E-state index is -0.804. The Bertz CT molecular complexity index is 670. The van der Waals surface area contributed by atoms with Crippen LogP contribution in [0.4, 0.5) is 4.39 Å². The van der Waals surface area contributed by atoms with Crippen molar-refractivity contribution < 1.29 is 19.1 Å². The van der Waals surface area contributed by atoms with Gasteiger partial charge in [-0.25, -0.2) is 4.39 Å². The number of carboxylic acids is 1. The van der Waals surface area contributed by atoms with E-state index in [1.54, 1.807) is 6.92 Å². The van der Waals surface area contributed by atoms with Crippen LogP contribution in [0.1, 0.15) is 44.6 Å². The van der Waals surface area contributed by atoms with Gasteiger partial charge in [0.05, 0.1) is 12.0 Å². The second-order valence-electron chi connectivity index (χ2n) is 8.10. The van der Waals surface area contributed by atoms with Crippen molar-refractivity contribution in [3.8, 4) is 0 Å². The fraction of sp³-hybridized carbons (Fsp3) is 0.600. The zero-order valence-electron chi connectivity index (χ0n) is 15.3. The molecule has 2 fully saturated rings. The van der Waals surface area contributed by atoms with Crippen molar-refractivity contribution in [1.29, 1.82) is 0 Å². The Kier molecular flexibility index (Phi) is 5.32. The van der Waals surface area contributed by atoms with E-state index in [0.717, 1.165) is 31.2 Å². The van der Waals surface area contributed by atoms with E-state index in [0.29, 0.717) is 26.1 Å². The molecule has 3 rings (SSSR count). The first-order valence-corrected chi connectivity index (χ1v) is 9.32. The molecule has 1 saturated heterocycles. The lowest BCUT2D eigenvalue weighted by Crippen LogP contribution is -2.43. The Morgan fingerprint density at radius 1 is 1.19 bits per heavy atom. The minimum absolute atomic E-state index is 0.0759. The predicted molar refractivity (Wildman–Crippen MR) is 96.4 cm³/mol. The lowest BCUT2D eigenvalue weighted by molar-refractivity contribution is -0.147. The summed E-state index contributed by atoms with van der Waals surface area (Å²) in [5, 5.41) is 12.3. The summed E-state index contributed by atoms with van der Waals surface area (Å²) in [5.41, 5.74) is 0.196. The molecule has 0 spiro atoms. The van der Waals surface area contributed by atoms with Crippen molar-refractivity contribution in [2.75, 3.05) is 26.2 Å². The maximum atomic E-state index is 13.2. The molecule has 1 saturated carbocycles. The Morgan fingerprint density at radius 2 is 1.85 bits per heavy atom. The molecule has 1 aliphatic carbocycles. The standard InChI is InChI=1S/C20H27FN2O3/c1-19(18(25)26)10-11-23(14-19)12-17(24)22-13-20(8-2-3-9-20)15-4-6-16(21)7-5-15/h4-7H,2-3,8-14H2,1H3,(H,22,24)(H,25,26). The third-order valence-electron chi connectivity index (χ3n) is 6.08. The van der Waals surface area contributed by atoms with Crippen molar-refractivity contribution in [3.05, 3.63) is 35.6 Å². The van der Waals surface area contributed by atoms with Crippen molar-refractivity contribution in [2.45, 2.75) is 44.4 Å². The zero-order valence-corrected chi connectivity index (χ0v) is 15.3. The fourth-order valence-corrected chi connectivity index (χ4v) is 4.32. The smallest absolute Gasteiger partial charge is 0.310 e. The number of carbonyl (C=O) groups is 2. The lowest BCUT2D eigenvalue weighted by Gasteiger charge is -2.30. The van der Waals surface area contributed by atoms with Gasteiger partial charge in [0.1, 0.15) is 5.82 Å². The van der Waals surface area contributed by atoms with Gasteiger partial charge in [0.2, 0.25) is 5.91 Å². The van der Waals surface area contributed by atoms with Crippen molar-refractivity contribution >= 4 is 11.9 Å². The first-order valence-electron chi connectivity index (χ1n) is 9.32. The van der Waals surface area contributed by atoms with E-state index in [9.17, 15) is 19.1 Å². The van der Waals surface area contributed by atoms with Gasteiger partial charge >= 0.3 is 5.97 Å². The number of likely N-dealkylation sites (tertiary alicyclic amines) is 1. The molecule has 1 atom stereocenters. The number of carboxylic acid groups (broad SMARTS) is 1. The van der Waals surface area contributed by atoms with Gasteiger partial charge in [0.15, 0.2) is 0 Å². The molecule has 0 radical (unpaired) electrons. The SMILES string of the molecule is CC1(C(=O)O)CCN(CC(=O)NCC2(c3ccc(F)cc3)CCCC2)C1. The summed E-state index contributed by atoms with van der Waals surface area (Å²) >= 11 is 0. The molecule has 1 aliphatic heterocycles. The summed E-state index contributed by atoms with van der Waals surface area (Å²) in [7, 11) is 0. The Labute approximate surface area is 153 Å². The Balaban J connectivity index is 1.57. The second kappa shape index (κ2) is 7.35. The van der Waals surface area contributed by atoms with E-state index >= 15 is 0 Å². The fourth-order valence-electron chi connectivity index (χ4n) is 4.32. The number of aliphatic carboxylic acids is 1. The highest BCUT2D eigenvalue weighted by atomic mass is 19.1. The van der Waals surface area contributed by atoms with E-state index in [-0.39, 0.29) is 23.7 Å². The summed E-state index contributed by atoms with van der Waals surface area (Å²) in [6.45, 7) is 3.53. The van der Waals surface area contributed by atoms with E-state index in [4.69, 9.17) is 0 Å². The van der Waals surface area contributed by atoms with Crippen LogP contribution in [-0.2, 0) is 15.0 Å². The Morgan fingerprint density at radius 3 is 2.42 bits per heavy atom. The molecule has 1 heterocycles. The lowest BCUT2D eigenvalue weighted by atomic mass is 9.79. The summed E-state index contributed by atoms with van der Waals surface area (Å²) < 4.78 is 13.2. The minimum Gasteiger partial charge on any atom is -0.481 e. The van der Waals surface area contributed by atoms with Gasteiger partial charge in [-0.1, -0.05) is 25.0 Å². The van der Waals surface area contributed by atoms with Gasteiger partial charge in [-0.3, -0.25) is 14.5 Å². The van der Waals surface area contributed by atoms with Crippen LogP contribution < -0.4 is 5.32 Å². The quantitative estimate of drug-likeness (QED) is 0.816. The second-order valence-corrected chi connectivity index (χ2v) is 8.10. The summed E-state index contributed by atoms with van der Waals surface area (Å²) in [5.74, 6) is -1.13. The van der Waals surface area contributed by atoms with E-state index in [1.165, 1.54) is 12.1 Å². The number of benzene rings is 1. The largest absolute Gasteiger partial charge is 0.481 e. The molecular weight excluding hydrogens is 335 g/mol. The van der Waals surface area contributed by atoms with Crippen LogP contribution in [0, 0.1) is 11.2 Å². The molecule has 0 bridgehead atoms. The molecule has 1 aromatic rings. The van der Waals surface area contributed by atoms with Gasteiger partial charge in [0, 0.05) is 18.5 Å². The van der Waals surface area contributed by atoms with Gasteiger partial charge < -0.3 is 10.4 Å². The molecule has 2 N–H and O–H groups in total. The molecule has 5 nitrogen and oxygen atoms in total. The maximum absolute atomic E-state index is 13.2. The zero-order chi connectivity index (χ0) is 18.8. The molecule has 142 valence electrons. The number of halogens is 1. The third kappa shape index (κ3) is 3.90. The number of carbonyl (C=O) groups excluding carboxylic acids is 1. The molecule has 1 aromatic carbocycles. The first kappa shape index (κ1) is 18.8. The van der Waals surface area contributed by atoms with Crippen LogP contribution in [-0.4, -0.2) is 48.1 Å². The third-order valence-corrected chi connectivity index (χ3v) is 6.08. The number of hydrogen-bond donors (Lipinski definition) is 2. The molecule has 1 unspecified atom stereocenters. The highest BCUT2D eigenvalue weighted by Crippen LogP contribution is 2.40. The maximum Gasteiger partial charge on any atom is 0.310 e. The topological polar surface area (TPSA) is 69.6 Å². The van der Waals surface area contributed by atoms with Gasteiger partial charge in [-0.2, -0.15) is 0 Å². The molecule has 6 heteroatoms. The summed E-state index contributed by atoms with van der Waals surface area (Å²) in [4.78, 5) is 25.6. The van der Waals surface area contributed by atoms with Gasteiger partial charge in [-0.05, 0) is 50.4 Å². The number of nitrogens with one attached hydrogen (secondary N) is 1. The average molecular weight is 362 g/mol. The predicted octanol–water partition coefficient (Wildman–Crippen LogP) is 2.55. The highest BCUT2D eigenvalue weighted by molar-refractivity contribution is 5.79. The molecule has 1 amide bonds. The van der Waals surface area contributed by atoms with E-state index < -0.39 is 11.4 Å². The number of hydrogen-bond acceptors (Lipinski definition) is 3. The van der Waals surface area contributed by atoms with Crippen LogP contribution in [0.3, 0.4) is 0 Å². The molecule has 0 aromatic heterocycles. The number of rotatable bonds is 6. The van der Waals surface area contributed by atoms with Crippen LogP contribution in [0.2, 0.25) is 0 Å². The van der Waals surface area contributed by atoms with Crippen LogP contribution in [0.15, 0.2) is 24.3 Å². The average Bonchev–Trinajstić information content (AvgIpc) is 3.22. The monoisotopic (exact) mass is 362 g/mol.